The number of furan rings is 1. The van der Waals surface area contributed by atoms with E-state index in [9.17, 15) is 22.8 Å². The number of carbonyl (C=O) groups is 2. The fourth-order valence-electron chi connectivity index (χ4n) is 6.22. The Morgan fingerprint density at radius 1 is 0.547 bits per heavy atom. The van der Waals surface area contributed by atoms with E-state index >= 15 is 0 Å². The van der Waals surface area contributed by atoms with E-state index in [-0.39, 0.29) is 22.9 Å². The SMILES string of the molecule is Cc1ccc(Sc2cccc3c2C(=O)c2cccc(Oc4ccc(-c5ccc(-c6ccc(-c7ccc(OC(F)(F)F)cc7)o6)cc5)cc4)c2C3=O)cc1. The predicted molar refractivity (Wildman–Crippen MR) is 197 cm³/mol. The molecule has 0 fully saturated rings. The third-order valence-corrected chi connectivity index (χ3v) is 9.88. The maximum absolute atomic E-state index is 13.9. The summed E-state index contributed by atoms with van der Waals surface area (Å²) in [7, 11) is 0. The van der Waals surface area contributed by atoms with Crippen LogP contribution in [0.3, 0.4) is 0 Å². The van der Waals surface area contributed by atoms with Crippen molar-refractivity contribution < 1.29 is 36.7 Å². The molecule has 260 valence electrons. The number of rotatable bonds is 8. The summed E-state index contributed by atoms with van der Waals surface area (Å²) in [6.45, 7) is 2.02. The summed E-state index contributed by atoms with van der Waals surface area (Å²) in [5.74, 6) is 1.16. The zero-order chi connectivity index (χ0) is 36.7. The molecule has 0 radical (unpaired) electrons. The van der Waals surface area contributed by atoms with Gasteiger partial charge < -0.3 is 13.9 Å². The third-order valence-electron chi connectivity index (χ3n) is 8.81. The first-order valence-corrected chi connectivity index (χ1v) is 17.4. The van der Waals surface area contributed by atoms with Gasteiger partial charge in [0.2, 0.25) is 0 Å². The minimum absolute atomic E-state index is 0.214. The van der Waals surface area contributed by atoms with Crippen molar-refractivity contribution in [2.45, 2.75) is 23.1 Å². The lowest BCUT2D eigenvalue weighted by Crippen LogP contribution is -2.22. The molecular formula is C44H27F3O5S. The van der Waals surface area contributed by atoms with Gasteiger partial charge in [0.25, 0.3) is 0 Å². The summed E-state index contributed by atoms with van der Waals surface area (Å²) in [5.41, 5.74) is 5.77. The van der Waals surface area contributed by atoms with Crippen LogP contribution in [0.25, 0.3) is 33.8 Å². The number of benzene rings is 6. The number of aryl methyl sites for hydroxylation is 1. The minimum Gasteiger partial charge on any atom is -0.457 e. The maximum atomic E-state index is 13.9. The normalized spacial score (nSPS) is 12.3. The fraction of sp³-hybridized carbons (Fsp3) is 0.0455. The maximum Gasteiger partial charge on any atom is 0.573 e. The van der Waals surface area contributed by atoms with Crippen LogP contribution < -0.4 is 9.47 Å². The molecule has 0 spiro atoms. The van der Waals surface area contributed by atoms with Crippen molar-refractivity contribution in [2.24, 2.45) is 0 Å². The molecule has 0 N–H and O–H groups in total. The van der Waals surface area contributed by atoms with Crippen LogP contribution in [0.2, 0.25) is 0 Å². The van der Waals surface area contributed by atoms with Gasteiger partial charge in [-0.1, -0.05) is 90.1 Å². The molecule has 6 aromatic carbocycles. The van der Waals surface area contributed by atoms with E-state index in [1.165, 1.54) is 36.0 Å². The van der Waals surface area contributed by atoms with Crippen LogP contribution >= 0.6 is 11.8 Å². The average Bonchev–Trinajstić information content (AvgIpc) is 3.65. The highest BCUT2D eigenvalue weighted by atomic mass is 32.2. The van der Waals surface area contributed by atoms with Crippen LogP contribution in [-0.2, 0) is 0 Å². The molecule has 7 aromatic rings. The lowest BCUT2D eigenvalue weighted by Gasteiger charge is -2.22. The number of halogens is 3. The van der Waals surface area contributed by atoms with Crippen molar-refractivity contribution in [2.75, 3.05) is 0 Å². The molecule has 9 heteroatoms. The monoisotopic (exact) mass is 724 g/mol. The van der Waals surface area contributed by atoms with E-state index in [1.54, 1.807) is 42.5 Å². The Balaban J connectivity index is 0.973. The zero-order valence-electron chi connectivity index (χ0n) is 27.9. The Morgan fingerprint density at radius 2 is 1.06 bits per heavy atom. The smallest absolute Gasteiger partial charge is 0.457 e. The molecule has 53 heavy (non-hydrogen) atoms. The molecule has 8 rings (SSSR count). The summed E-state index contributed by atoms with van der Waals surface area (Å²) >= 11 is 1.46. The molecule has 1 aliphatic rings. The quantitative estimate of drug-likeness (QED) is 0.155. The predicted octanol–water partition coefficient (Wildman–Crippen LogP) is 12.2. The molecule has 0 saturated carbocycles. The van der Waals surface area contributed by atoms with Gasteiger partial charge in [0.05, 0.1) is 5.56 Å². The highest BCUT2D eigenvalue weighted by Crippen LogP contribution is 2.41. The van der Waals surface area contributed by atoms with Crippen LogP contribution in [-0.4, -0.2) is 17.9 Å². The van der Waals surface area contributed by atoms with Gasteiger partial charge in [-0.25, -0.2) is 0 Å². The van der Waals surface area contributed by atoms with Gasteiger partial charge in [-0.3, -0.25) is 9.59 Å². The molecule has 1 heterocycles. The van der Waals surface area contributed by atoms with Gasteiger partial charge in [0.15, 0.2) is 11.6 Å². The zero-order valence-corrected chi connectivity index (χ0v) is 28.8. The molecule has 1 aromatic heterocycles. The standard InChI is InChI=1S/C44H27F3O5S/c1-26-8-22-33(23-9-26)53-39-7-3-5-35-41(39)43(49)34-4-2-6-38(40(34)42(35)48)50-31-18-14-28(15-19-31)27-10-12-29(13-11-27)36-24-25-37(51-36)30-16-20-32(21-17-30)52-44(45,46)47/h2-25H,1H3. The molecule has 5 nitrogen and oxygen atoms in total. The van der Waals surface area contributed by atoms with Crippen molar-refractivity contribution in [3.63, 3.8) is 0 Å². The highest BCUT2D eigenvalue weighted by Gasteiger charge is 2.34. The van der Waals surface area contributed by atoms with Crippen LogP contribution in [0, 0.1) is 6.92 Å². The van der Waals surface area contributed by atoms with Crippen molar-refractivity contribution in [3.8, 4) is 51.0 Å². The Hall–Kier alpha value is -6.32. The Morgan fingerprint density at radius 3 is 1.68 bits per heavy atom. The lowest BCUT2D eigenvalue weighted by molar-refractivity contribution is -0.274. The number of carbonyl (C=O) groups excluding carboxylic acids is 2. The van der Waals surface area contributed by atoms with Gasteiger partial charge in [0.1, 0.15) is 28.8 Å². The third kappa shape index (κ3) is 6.99. The number of ether oxygens (including phenoxy) is 2. The topological polar surface area (TPSA) is 65.7 Å². The molecule has 0 bridgehead atoms. The molecule has 0 saturated heterocycles. The molecule has 1 aliphatic carbocycles. The van der Waals surface area contributed by atoms with Crippen molar-refractivity contribution >= 4 is 23.3 Å². The summed E-state index contributed by atoms with van der Waals surface area (Å²) < 4.78 is 53.7. The Kier molecular flexibility index (Phi) is 8.72. The van der Waals surface area contributed by atoms with Crippen molar-refractivity contribution in [1.82, 2.24) is 0 Å². The first-order valence-electron chi connectivity index (χ1n) is 16.5. The van der Waals surface area contributed by atoms with Gasteiger partial charge >= 0.3 is 6.36 Å². The van der Waals surface area contributed by atoms with E-state index in [1.807, 2.05) is 85.8 Å². The van der Waals surface area contributed by atoms with Gasteiger partial charge in [0, 0.05) is 37.6 Å². The second kappa shape index (κ2) is 13.7. The Labute approximate surface area is 306 Å². The molecule has 0 aliphatic heterocycles. The van der Waals surface area contributed by atoms with Crippen LogP contribution in [0.1, 0.15) is 37.4 Å². The molecule has 0 atom stereocenters. The number of hydrogen-bond acceptors (Lipinski definition) is 6. The van der Waals surface area contributed by atoms with Crippen molar-refractivity contribution in [3.05, 3.63) is 173 Å². The fourth-order valence-corrected chi connectivity index (χ4v) is 7.20. The van der Waals surface area contributed by atoms with E-state index in [4.69, 9.17) is 9.15 Å². The van der Waals surface area contributed by atoms with Crippen LogP contribution in [0.5, 0.6) is 17.2 Å². The molecule has 0 amide bonds. The highest BCUT2D eigenvalue weighted by molar-refractivity contribution is 7.99. The second-order valence-electron chi connectivity index (χ2n) is 12.4. The molecular weight excluding hydrogens is 698 g/mol. The van der Waals surface area contributed by atoms with Gasteiger partial charge in [-0.2, -0.15) is 0 Å². The van der Waals surface area contributed by atoms with E-state index in [0.717, 1.165) is 32.0 Å². The molecule has 0 unspecified atom stereocenters. The largest absolute Gasteiger partial charge is 0.573 e. The van der Waals surface area contributed by atoms with Crippen LogP contribution in [0.4, 0.5) is 13.2 Å². The first-order chi connectivity index (χ1) is 25.6. The summed E-state index contributed by atoms with van der Waals surface area (Å²) in [6, 6.07) is 42.7. The first kappa shape index (κ1) is 33.8. The van der Waals surface area contributed by atoms with E-state index in [0.29, 0.717) is 45.3 Å². The lowest BCUT2D eigenvalue weighted by atomic mass is 9.83. The van der Waals surface area contributed by atoms with Gasteiger partial charge in [-0.15, -0.1) is 13.2 Å². The number of alkyl halides is 3. The number of fused-ring (bicyclic) bond motifs is 2. The average molecular weight is 725 g/mol. The van der Waals surface area contributed by atoms with E-state index < -0.39 is 6.36 Å². The van der Waals surface area contributed by atoms with Crippen LogP contribution in [0.15, 0.2) is 160 Å². The number of hydrogen-bond donors (Lipinski definition) is 0. The van der Waals surface area contributed by atoms with Crippen molar-refractivity contribution in [1.29, 1.82) is 0 Å². The van der Waals surface area contributed by atoms with E-state index in [2.05, 4.69) is 4.74 Å². The summed E-state index contributed by atoms with van der Waals surface area (Å²) in [5, 5.41) is 0. The summed E-state index contributed by atoms with van der Waals surface area (Å²) in [4.78, 5) is 29.5. The number of ketones is 2. The van der Waals surface area contributed by atoms with Gasteiger partial charge in [-0.05, 0) is 90.8 Å². The second-order valence-corrected chi connectivity index (χ2v) is 13.5. The minimum atomic E-state index is -4.75. The summed E-state index contributed by atoms with van der Waals surface area (Å²) in [6.07, 6.45) is -4.75. The Bertz CT molecular complexity index is 2480.